The Morgan fingerprint density at radius 3 is 2.83 bits per heavy atom. The minimum atomic E-state index is 0.684. The molecule has 0 aromatic carbocycles. The molecule has 2 aliphatic rings. The summed E-state index contributed by atoms with van der Waals surface area (Å²) in [6.45, 7) is 7.77. The van der Waals surface area contributed by atoms with Crippen molar-refractivity contribution in [1.29, 1.82) is 0 Å². The molecule has 2 saturated heterocycles. The smallest absolute Gasteiger partial charge is 0.0519 e. The molecule has 4 nitrogen and oxygen atoms in total. The lowest BCUT2D eigenvalue weighted by molar-refractivity contribution is 0.151. The van der Waals surface area contributed by atoms with Crippen LogP contribution in [0.25, 0.3) is 0 Å². The Kier molecular flexibility index (Phi) is 3.66. The van der Waals surface area contributed by atoms with E-state index in [1.54, 1.807) is 0 Å². The summed E-state index contributed by atoms with van der Waals surface area (Å²) in [5.74, 6) is 1.46. The Labute approximate surface area is 109 Å². The van der Waals surface area contributed by atoms with Crippen LogP contribution in [-0.2, 0) is 4.74 Å². The number of aromatic amines is 1. The molecular weight excluding hydrogens is 226 g/mol. The monoisotopic (exact) mass is 249 g/mol. The molecule has 100 valence electrons. The number of H-pyrrole nitrogens is 1. The summed E-state index contributed by atoms with van der Waals surface area (Å²) in [5, 5.41) is 7.32. The van der Waals surface area contributed by atoms with E-state index in [1.807, 2.05) is 6.20 Å². The summed E-state index contributed by atoms with van der Waals surface area (Å²) in [7, 11) is 0. The zero-order valence-corrected chi connectivity index (χ0v) is 11.2. The van der Waals surface area contributed by atoms with E-state index in [2.05, 4.69) is 22.0 Å². The Balaban J connectivity index is 1.50. The number of aryl methyl sites for hydroxylation is 1. The van der Waals surface area contributed by atoms with Gasteiger partial charge in [-0.15, -0.1) is 0 Å². The second kappa shape index (κ2) is 5.41. The molecule has 1 aromatic heterocycles. The molecule has 0 amide bonds. The number of rotatable bonds is 3. The van der Waals surface area contributed by atoms with E-state index in [-0.39, 0.29) is 0 Å². The Morgan fingerprint density at radius 1 is 1.39 bits per heavy atom. The summed E-state index contributed by atoms with van der Waals surface area (Å²) in [4.78, 5) is 2.61. The highest BCUT2D eigenvalue weighted by Crippen LogP contribution is 2.29. The van der Waals surface area contributed by atoms with Crippen molar-refractivity contribution in [3.63, 3.8) is 0 Å². The standard InChI is InChI=1S/C14H23N3O/c1-11-8-15-16-14(11)13-2-5-17(6-3-13)9-12-4-7-18-10-12/h8,12-13H,2-7,9-10H2,1H3,(H,15,16)/t12-/m0/s1. The lowest BCUT2D eigenvalue weighted by Gasteiger charge is -2.33. The predicted octanol–water partition coefficient (Wildman–Crippen LogP) is 1.93. The summed E-state index contributed by atoms with van der Waals surface area (Å²) in [6.07, 6.45) is 5.71. The van der Waals surface area contributed by atoms with Gasteiger partial charge in [0, 0.05) is 24.8 Å². The number of nitrogens with one attached hydrogen (secondary N) is 1. The quantitative estimate of drug-likeness (QED) is 0.890. The van der Waals surface area contributed by atoms with E-state index in [0.29, 0.717) is 5.92 Å². The van der Waals surface area contributed by atoms with Crippen molar-refractivity contribution in [3.05, 3.63) is 17.5 Å². The average molecular weight is 249 g/mol. The van der Waals surface area contributed by atoms with Crippen LogP contribution in [0.3, 0.4) is 0 Å². The third-order valence-corrected chi connectivity index (χ3v) is 4.40. The highest BCUT2D eigenvalue weighted by atomic mass is 16.5. The van der Waals surface area contributed by atoms with Gasteiger partial charge in [0.15, 0.2) is 0 Å². The lowest BCUT2D eigenvalue weighted by atomic mass is 9.91. The van der Waals surface area contributed by atoms with Crippen LogP contribution in [0.5, 0.6) is 0 Å². The van der Waals surface area contributed by atoms with E-state index in [9.17, 15) is 0 Å². The van der Waals surface area contributed by atoms with Gasteiger partial charge in [-0.05, 0) is 50.8 Å². The Hall–Kier alpha value is -0.870. The van der Waals surface area contributed by atoms with Gasteiger partial charge < -0.3 is 9.64 Å². The van der Waals surface area contributed by atoms with E-state index in [4.69, 9.17) is 4.74 Å². The molecule has 0 radical (unpaired) electrons. The van der Waals surface area contributed by atoms with Crippen LogP contribution in [0.2, 0.25) is 0 Å². The molecule has 18 heavy (non-hydrogen) atoms. The van der Waals surface area contributed by atoms with E-state index in [1.165, 1.54) is 50.2 Å². The van der Waals surface area contributed by atoms with Gasteiger partial charge in [0.2, 0.25) is 0 Å². The summed E-state index contributed by atoms with van der Waals surface area (Å²) in [5.41, 5.74) is 2.68. The molecule has 1 aromatic rings. The largest absolute Gasteiger partial charge is 0.381 e. The van der Waals surface area contributed by atoms with Gasteiger partial charge in [-0.3, -0.25) is 5.10 Å². The van der Waals surface area contributed by atoms with Crippen LogP contribution in [0, 0.1) is 12.8 Å². The van der Waals surface area contributed by atoms with Gasteiger partial charge in [0.25, 0.3) is 0 Å². The highest BCUT2D eigenvalue weighted by Gasteiger charge is 2.25. The molecule has 4 heteroatoms. The van der Waals surface area contributed by atoms with Gasteiger partial charge in [-0.25, -0.2) is 0 Å². The molecule has 2 fully saturated rings. The molecular formula is C14H23N3O. The van der Waals surface area contributed by atoms with Gasteiger partial charge >= 0.3 is 0 Å². The van der Waals surface area contributed by atoms with Gasteiger partial charge in [0.05, 0.1) is 12.8 Å². The fraction of sp³-hybridized carbons (Fsp3) is 0.786. The van der Waals surface area contributed by atoms with Crippen molar-refractivity contribution in [2.45, 2.75) is 32.1 Å². The van der Waals surface area contributed by atoms with E-state index in [0.717, 1.165) is 19.1 Å². The minimum Gasteiger partial charge on any atom is -0.381 e. The molecule has 0 aliphatic carbocycles. The zero-order chi connectivity index (χ0) is 12.4. The molecule has 1 N–H and O–H groups in total. The van der Waals surface area contributed by atoms with Crippen molar-refractivity contribution < 1.29 is 4.74 Å². The normalized spacial score (nSPS) is 26.8. The number of ether oxygens (including phenoxy) is 1. The SMILES string of the molecule is Cc1cn[nH]c1C1CCN(C[C@@H]2CCOC2)CC1. The van der Waals surface area contributed by atoms with E-state index < -0.39 is 0 Å². The maximum absolute atomic E-state index is 5.45. The van der Waals surface area contributed by atoms with Crippen molar-refractivity contribution in [3.8, 4) is 0 Å². The maximum atomic E-state index is 5.45. The third-order valence-electron chi connectivity index (χ3n) is 4.40. The molecule has 3 rings (SSSR count). The summed E-state index contributed by atoms with van der Waals surface area (Å²) < 4.78 is 5.45. The second-order valence-corrected chi connectivity index (χ2v) is 5.77. The molecule has 0 bridgehead atoms. The fourth-order valence-electron chi connectivity index (χ4n) is 3.27. The number of likely N-dealkylation sites (tertiary alicyclic amines) is 1. The molecule has 0 spiro atoms. The topological polar surface area (TPSA) is 41.2 Å². The highest BCUT2D eigenvalue weighted by molar-refractivity contribution is 5.19. The van der Waals surface area contributed by atoms with Crippen LogP contribution in [0.15, 0.2) is 6.20 Å². The second-order valence-electron chi connectivity index (χ2n) is 5.77. The zero-order valence-electron chi connectivity index (χ0n) is 11.2. The number of aromatic nitrogens is 2. The van der Waals surface area contributed by atoms with Gasteiger partial charge in [-0.1, -0.05) is 0 Å². The Morgan fingerprint density at radius 2 is 2.22 bits per heavy atom. The maximum Gasteiger partial charge on any atom is 0.0519 e. The van der Waals surface area contributed by atoms with Crippen LogP contribution < -0.4 is 0 Å². The third kappa shape index (κ3) is 2.59. The van der Waals surface area contributed by atoms with Crippen molar-refractivity contribution in [1.82, 2.24) is 15.1 Å². The lowest BCUT2D eigenvalue weighted by Crippen LogP contribution is -2.36. The first-order chi connectivity index (χ1) is 8.83. The molecule has 0 unspecified atom stereocenters. The molecule has 2 aliphatic heterocycles. The van der Waals surface area contributed by atoms with Crippen LogP contribution in [-0.4, -0.2) is 47.9 Å². The van der Waals surface area contributed by atoms with Gasteiger partial charge in [-0.2, -0.15) is 5.10 Å². The average Bonchev–Trinajstić information content (AvgIpc) is 3.02. The summed E-state index contributed by atoms with van der Waals surface area (Å²) in [6, 6.07) is 0. The summed E-state index contributed by atoms with van der Waals surface area (Å²) >= 11 is 0. The van der Waals surface area contributed by atoms with Crippen LogP contribution >= 0.6 is 0 Å². The first-order valence-corrected chi connectivity index (χ1v) is 7.13. The predicted molar refractivity (Wildman–Crippen MR) is 70.7 cm³/mol. The Bertz CT molecular complexity index is 376. The minimum absolute atomic E-state index is 0.684. The van der Waals surface area contributed by atoms with Crippen molar-refractivity contribution in [2.24, 2.45) is 5.92 Å². The first kappa shape index (κ1) is 12.2. The van der Waals surface area contributed by atoms with Gasteiger partial charge in [0.1, 0.15) is 0 Å². The number of hydrogen-bond acceptors (Lipinski definition) is 3. The first-order valence-electron chi connectivity index (χ1n) is 7.13. The van der Waals surface area contributed by atoms with Crippen molar-refractivity contribution >= 4 is 0 Å². The number of piperidine rings is 1. The number of nitrogens with zero attached hydrogens (tertiary/aromatic N) is 2. The van der Waals surface area contributed by atoms with Crippen molar-refractivity contribution in [2.75, 3.05) is 32.8 Å². The van der Waals surface area contributed by atoms with Crippen LogP contribution in [0.1, 0.15) is 36.4 Å². The van der Waals surface area contributed by atoms with E-state index >= 15 is 0 Å². The fourth-order valence-corrected chi connectivity index (χ4v) is 3.27. The van der Waals surface area contributed by atoms with Crippen LogP contribution in [0.4, 0.5) is 0 Å². The molecule has 3 heterocycles. The number of hydrogen-bond donors (Lipinski definition) is 1. The molecule has 0 saturated carbocycles. The molecule has 1 atom stereocenters.